The molecule has 0 N–H and O–H groups in total. The van der Waals surface area contributed by atoms with Gasteiger partial charge in [-0.05, 0) is 0 Å². The Morgan fingerprint density at radius 1 is 1.43 bits per heavy atom. The number of hydrogen-bond donors (Lipinski definition) is 0. The molecule has 5 nitrogen and oxygen atoms in total. The maximum Gasteiger partial charge on any atom is 0.253 e. The molecule has 0 aromatic carbocycles. The molecule has 2 aromatic heterocycles. The average Bonchev–Trinajstić information content (AvgIpc) is 2.65. The molecule has 14 heavy (non-hydrogen) atoms. The van der Waals surface area contributed by atoms with Gasteiger partial charge in [0.25, 0.3) is 5.95 Å². The molecule has 72 valence electrons. The van der Waals surface area contributed by atoms with Gasteiger partial charge in [-0.1, -0.05) is 0 Å². The summed E-state index contributed by atoms with van der Waals surface area (Å²) in [4.78, 5) is 7.89. The minimum absolute atomic E-state index is 0.272. The zero-order valence-electron chi connectivity index (χ0n) is 7.38. The van der Waals surface area contributed by atoms with E-state index in [9.17, 15) is 4.39 Å². The molecule has 0 saturated heterocycles. The second-order valence-electron chi connectivity index (χ2n) is 2.48. The summed E-state index contributed by atoms with van der Waals surface area (Å²) in [5, 5.41) is 3.53. The van der Waals surface area contributed by atoms with Crippen LogP contribution >= 0.6 is 0 Å². The van der Waals surface area contributed by atoms with E-state index >= 15 is 0 Å². The maximum absolute atomic E-state index is 12.6. The fourth-order valence-corrected chi connectivity index (χ4v) is 0.970. The van der Waals surface area contributed by atoms with Gasteiger partial charge in [0.1, 0.15) is 0 Å². The van der Waals surface area contributed by atoms with Gasteiger partial charge in [-0.2, -0.15) is 9.37 Å². The minimum Gasteiger partial charge on any atom is -0.481 e. The second-order valence-corrected chi connectivity index (χ2v) is 2.48. The average molecular weight is 194 g/mol. The molecule has 2 aromatic rings. The van der Waals surface area contributed by atoms with Crippen molar-refractivity contribution in [2.45, 2.75) is 0 Å². The lowest BCUT2D eigenvalue weighted by Gasteiger charge is -2.00. The van der Waals surface area contributed by atoms with Crippen LogP contribution in [0.25, 0.3) is 5.95 Å². The van der Waals surface area contributed by atoms with Crippen molar-refractivity contribution < 1.29 is 9.13 Å². The number of rotatable bonds is 2. The van der Waals surface area contributed by atoms with E-state index in [0.717, 1.165) is 0 Å². The van der Waals surface area contributed by atoms with Crippen LogP contribution in [0, 0.1) is 5.95 Å². The molecule has 0 atom stereocenters. The summed E-state index contributed by atoms with van der Waals surface area (Å²) in [5.74, 6) is 0.107. The Hall–Kier alpha value is -1.98. The predicted molar refractivity (Wildman–Crippen MR) is 45.7 cm³/mol. The first-order valence-corrected chi connectivity index (χ1v) is 3.88. The van der Waals surface area contributed by atoms with Gasteiger partial charge >= 0.3 is 0 Å². The molecular weight excluding hydrogens is 187 g/mol. The zero-order chi connectivity index (χ0) is 9.97. The van der Waals surface area contributed by atoms with E-state index in [2.05, 4.69) is 15.1 Å². The second kappa shape index (κ2) is 3.41. The summed E-state index contributed by atoms with van der Waals surface area (Å²) >= 11 is 0. The van der Waals surface area contributed by atoms with Gasteiger partial charge < -0.3 is 4.74 Å². The van der Waals surface area contributed by atoms with E-state index in [0.29, 0.717) is 5.88 Å². The molecule has 2 heterocycles. The number of ether oxygens (including phenoxy) is 1. The molecular formula is C8H7FN4O. The SMILES string of the molecule is COc1ccnc(-n2ccc(F)n2)n1. The zero-order valence-corrected chi connectivity index (χ0v) is 7.38. The lowest BCUT2D eigenvalue weighted by Crippen LogP contribution is -2.02. The summed E-state index contributed by atoms with van der Waals surface area (Å²) in [6.07, 6.45) is 2.95. The van der Waals surface area contributed by atoms with E-state index in [1.54, 1.807) is 6.07 Å². The summed E-state index contributed by atoms with van der Waals surface area (Å²) in [7, 11) is 1.50. The van der Waals surface area contributed by atoms with Crippen molar-refractivity contribution in [2.75, 3.05) is 7.11 Å². The number of aromatic nitrogens is 4. The Labute approximate surface area is 79.2 Å². The first kappa shape index (κ1) is 8.61. The molecule has 0 fully saturated rings. The normalized spacial score (nSPS) is 10.1. The van der Waals surface area contributed by atoms with Crippen LogP contribution in [-0.2, 0) is 0 Å². The maximum atomic E-state index is 12.6. The summed E-state index contributed by atoms with van der Waals surface area (Å²) in [5.41, 5.74) is 0. The van der Waals surface area contributed by atoms with E-state index in [-0.39, 0.29) is 5.95 Å². The Kier molecular flexibility index (Phi) is 2.10. The van der Waals surface area contributed by atoms with E-state index < -0.39 is 5.95 Å². The highest BCUT2D eigenvalue weighted by Crippen LogP contribution is 2.07. The van der Waals surface area contributed by atoms with Gasteiger partial charge in [-0.25, -0.2) is 9.67 Å². The highest BCUT2D eigenvalue weighted by atomic mass is 19.1. The van der Waals surface area contributed by atoms with Gasteiger partial charge in [-0.3, -0.25) is 0 Å². The van der Waals surface area contributed by atoms with Crippen LogP contribution in [0.3, 0.4) is 0 Å². The van der Waals surface area contributed by atoms with E-state index in [4.69, 9.17) is 4.74 Å². The summed E-state index contributed by atoms with van der Waals surface area (Å²) < 4.78 is 18.7. The summed E-state index contributed by atoms with van der Waals surface area (Å²) in [6, 6.07) is 2.83. The van der Waals surface area contributed by atoms with Crippen LogP contribution < -0.4 is 4.74 Å². The molecule has 0 saturated carbocycles. The molecule has 0 spiro atoms. The van der Waals surface area contributed by atoms with Crippen LogP contribution in [-0.4, -0.2) is 26.9 Å². The Morgan fingerprint density at radius 3 is 2.93 bits per heavy atom. The van der Waals surface area contributed by atoms with Gasteiger partial charge in [0, 0.05) is 24.5 Å². The molecule has 0 amide bonds. The molecule has 0 aliphatic heterocycles. The third-order valence-electron chi connectivity index (χ3n) is 1.59. The number of nitrogens with zero attached hydrogens (tertiary/aromatic N) is 4. The van der Waals surface area contributed by atoms with Crippen LogP contribution in [0.4, 0.5) is 4.39 Å². The number of hydrogen-bond acceptors (Lipinski definition) is 4. The quantitative estimate of drug-likeness (QED) is 0.709. The number of halogens is 1. The van der Waals surface area contributed by atoms with Gasteiger partial charge in [-0.15, -0.1) is 5.10 Å². The first-order chi connectivity index (χ1) is 6.79. The molecule has 6 heteroatoms. The van der Waals surface area contributed by atoms with Crippen molar-refractivity contribution in [3.8, 4) is 11.8 Å². The third-order valence-corrected chi connectivity index (χ3v) is 1.59. The first-order valence-electron chi connectivity index (χ1n) is 3.88. The molecule has 0 unspecified atom stereocenters. The summed E-state index contributed by atoms with van der Waals surface area (Å²) in [6.45, 7) is 0. The molecule has 0 radical (unpaired) electrons. The minimum atomic E-state index is -0.573. The Morgan fingerprint density at radius 2 is 2.29 bits per heavy atom. The largest absolute Gasteiger partial charge is 0.481 e. The van der Waals surface area contributed by atoms with Gasteiger partial charge in [0.05, 0.1) is 7.11 Å². The van der Waals surface area contributed by atoms with Gasteiger partial charge in [0.15, 0.2) is 0 Å². The third kappa shape index (κ3) is 1.54. The van der Waals surface area contributed by atoms with Crippen LogP contribution in [0.1, 0.15) is 0 Å². The van der Waals surface area contributed by atoms with Crippen molar-refractivity contribution in [3.63, 3.8) is 0 Å². The topological polar surface area (TPSA) is 52.8 Å². The highest BCUT2D eigenvalue weighted by molar-refractivity contribution is 5.16. The monoisotopic (exact) mass is 194 g/mol. The number of methoxy groups -OCH3 is 1. The van der Waals surface area contributed by atoms with E-state index in [1.165, 1.54) is 30.3 Å². The lowest BCUT2D eigenvalue weighted by molar-refractivity contribution is 0.395. The van der Waals surface area contributed by atoms with Crippen LogP contribution in [0.2, 0.25) is 0 Å². The molecule has 0 aliphatic carbocycles. The van der Waals surface area contributed by atoms with Crippen LogP contribution in [0.15, 0.2) is 24.5 Å². The lowest BCUT2D eigenvalue weighted by atomic mass is 10.6. The smallest absolute Gasteiger partial charge is 0.253 e. The van der Waals surface area contributed by atoms with Crippen LogP contribution in [0.5, 0.6) is 5.88 Å². The molecule has 0 bridgehead atoms. The molecule has 0 aliphatic rings. The Bertz CT molecular complexity index is 442. The predicted octanol–water partition coefficient (Wildman–Crippen LogP) is 0.810. The van der Waals surface area contributed by atoms with Crippen molar-refractivity contribution >= 4 is 0 Å². The van der Waals surface area contributed by atoms with Crippen molar-refractivity contribution in [1.29, 1.82) is 0 Å². The standard InChI is InChI=1S/C8H7FN4O/c1-14-7-2-4-10-8(11-7)13-5-3-6(9)12-13/h2-5H,1H3. The van der Waals surface area contributed by atoms with Crippen molar-refractivity contribution in [3.05, 3.63) is 30.5 Å². The van der Waals surface area contributed by atoms with Gasteiger partial charge in [0.2, 0.25) is 11.8 Å². The highest BCUT2D eigenvalue weighted by Gasteiger charge is 2.03. The fraction of sp³-hybridized carbons (Fsp3) is 0.125. The Balaban J connectivity index is 2.41. The molecule has 2 rings (SSSR count). The van der Waals surface area contributed by atoms with E-state index in [1.807, 2.05) is 0 Å². The van der Waals surface area contributed by atoms with Crippen molar-refractivity contribution in [2.24, 2.45) is 0 Å². The van der Waals surface area contributed by atoms with Crippen molar-refractivity contribution in [1.82, 2.24) is 19.7 Å². The fourth-order valence-electron chi connectivity index (χ4n) is 0.970.